The maximum atomic E-state index is 14.0. The van der Waals surface area contributed by atoms with Gasteiger partial charge >= 0.3 is 0 Å². The number of carbonyl (C=O) groups is 2. The molecule has 0 heterocycles. The van der Waals surface area contributed by atoms with Gasteiger partial charge in [-0.2, -0.15) is 0 Å². The van der Waals surface area contributed by atoms with Crippen molar-refractivity contribution in [3.8, 4) is 0 Å². The van der Waals surface area contributed by atoms with Crippen LogP contribution in [0.25, 0.3) is 0 Å². The molecule has 0 saturated carbocycles. The zero-order valence-electron chi connectivity index (χ0n) is 22.6. The third-order valence-corrected chi connectivity index (χ3v) is 8.23. The largest absolute Gasteiger partial charge is 0.350 e. The molecule has 0 radical (unpaired) electrons. The lowest BCUT2D eigenvalue weighted by atomic mass is 10.1. The smallest absolute Gasteiger partial charge is 0.264 e. The Kier molecular flexibility index (Phi) is 9.69. The van der Waals surface area contributed by atoms with E-state index in [4.69, 9.17) is 23.2 Å². The number of benzene rings is 3. The maximum absolute atomic E-state index is 14.0. The summed E-state index contributed by atoms with van der Waals surface area (Å²) >= 11 is 12.2. The Balaban J connectivity index is 2.05. The number of nitrogens with zero attached hydrogens (tertiary/aromatic N) is 2. The molecule has 7 nitrogen and oxygen atoms in total. The molecule has 10 heteroatoms. The summed E-state index contributed by atoms with van der Waals surface area (Å²) in [5.74, 6) is -0.909. The van der Waals surface area contributed by atoms with Crippen molar-refractivity contribution in [3.05, 3.63) is 94.0 Å². The molecule has 0 aliphatic carbocycles. The number of halogens is 2. The highest BCUT2D eigenvalue weighted by atomic mass is 35.5. The number of anilines is 1. The average Bonchev–Trinajstić information content (AvgIpc) is 2.85. The van der Waals surface area contributed by atoms with Crippen LogP contribution in [0.1, 0.15) is 38.8 Å². The van der Waals surface area contributed by atoms with E-state index < -0.39 is 34.1 Å². The molecular weight excluding hydrogens is 557 g/mol. The van der Waals surface area contributed by atoms with E-state index in [2.05, 4.69) is 5.32 Å². The second kappa shape index (κ2) is 12.4. The lowest BCUT2D eigenvalue weighted by molar-refractivity contribution is -0.140. The van der Waals surface area contributed by atoms with Crippen LogP contribution in [0.2, 0.25) is 10.0 Å². The number of carbonyl (C=O) groups excluding carboxylic acids is 2. The normalized spacial score (nSPS) is 12.5. The van der Waals surface area contributed by atoms with E-state index in [0.29, 0.717) is 26.9 Å². The Labute approximate surface area is 240 Å². The topological polar surface area (TPSA) is 86.8 Å². The molecule has 0 fully saturated rings. The zero-order chi connectivity index (χ0) is 29.0. The van der Waals surface area contributed by atoms with Gasteiger partial charge in [0.25, 0.3) is 10.0 Å². The summed E-state index contributed by atoms with van der Waals surface area (Å²) in [5, 5.41) is 3.78. The number of rotatable bonds is 9. The van der Waals surface area contributed by atoms with E-state index in [-0.39, 0.29) is 17.3 Å². The van der Waals surface area contributed by atoms with Crippen LogP contribution in [-0.2, 0) is 26.2 Å². The molecule has 3 aromatic carbocycles. The minimum absolute atomic E-state index is 0.0112. The Bertz CT molecular complexity index is 1440. The highest BCUT2D eigenvalue weighted by Gasteiger charge is 2.33. The van der Waals surface area contributed by atoms with Crippen LogP contribution in [0.4, 0.5) is 5.69 Å². The van der Waals surface area contributed by atoms with Crippen molar-refractivity contribution in [1.82, 2.24) is 10.2 Å². The first-order valence-corrected chi connectivity index (χ1v) is 14.6. The molecule has 0 aliphatic heterocycles. The second-order valence-electron chi connectivity index (χ2n) is 10.3. The summed E-state index contributed by atoms with van der Waals surface area (Å²) in [5.41, 5.74) is 1.20. The molecule has 0 bridgehead atoms. The van der Waals surface area contributed by atoms with Gasteiger partial charge in [0.05, 0.1) is 10.6 Å². The van der Waals surface area contributed by atoms with Gasteiger partial charge in [0.1, 0.15) is 12.6 Å². The van der Waals surface area contributed by atoms with E-state index >= 15 is 0 Å². The van der Waals surface area contributed by atoms with Crippen LogP contribution in [0.15, 0.2) is 77.7 Å². The lowest BCUT2D eigenvalue weighted by Crippen LogP contribution is -2.54. The minimum Gasteiger partial charge on any atom is -0.350 e. The van der Waals surface area contributed by atoms with Crippen molar-refractivity contribution in [2.75, 3.05) is 10.8 Å². The van der Waals surface area contributed by atoms with Gasteiger partial charge in [-0.3, -0.25) is 13.9 Å². The van der Waals surface area contributed by atoms with Gasteiger partial charge in [-0.25, -0.2) is 8.42 Å². The van der Waals surface area contributed by atoms with Crippen molar-refractivity contribution in [1.29, 1.82) is 0 Å². The van der Waals surface area contributed by atoms with Crippen LogP contribution in [0.3, 0.4) is 0 Å². The van der Waals surface area contributed by atoms with Gasteiger partial charge < -0.3 is 10.2 Å². The van der Waals surface area contributed by atoms with Gasteiger partial charge in [0.2, 0.25) is 11.8 Å². The number of para-hydroxylation sites is 1. The Morgan fingerprint density at radius 2 is 1.56 bits per heavy atom. The van der Waals surface area contributed by atoms with Gasteiger partial charge in [-0.1, -0.05) is 53.5 Å². The summed E-state index contributed by atoms with van der Waals surface area (Å²) in [6.45, 7) is 8.46. The third-order valence-electron chi connectivity index (χ3n) is 5.97. The van der Waals surface area contributed by atoms with Gasteiger partial charge in [-0.05, 0) is 88.2 Å². The molecule has 0 spiro atoms. The molecule has 1 N–H and O–H groups in total. The van der Waals surface area contributed by atoms with Crippen LogP contribution >= 0.6 is 23.2 Å². The molecule has 3 aromatic rings. The van der Waals surface area contributed by atoms with Crippen molar-refractivity contribution in [3.63, 3.8) is 0 Å². The molecular formula is C29H33Cl2N3O4S. The summed E-state index contributed by atoms with van der Waals surface area (Å²) in [6, 6.07) is 18.8. The van der Waals surface area contributed by atoms with Crippen molar-refractivity contribution in [2.45, 2.75) is 57.6 Å². The minimum atomic E-state index is -4.17. The van der Waals surface area contributed by atoms with Crippen molar-refractivity contribution in [2.24, 2.45) is 0 Å². The predicted molar refractivity (Wildman–Crippen MR) is 157 cm³/mol. The monoisotopic (exact) mass is 589 g/mol. The molecule has 0 aromatic heterocycles. The molecule has 0 unspecified atom stereocenters. The number of aryl methyl sites for hydroxylation is 1. The fourth-order valence-corrected chi connectivity index (χ4v) is 5.80. The molecule has 0 saturated heterocycles. The first-order chi connectivity index (χ1) is 18.2. The Morgan fingerprint density at radius 3 is 2.15 bits per heavy atom. The highest BCUT2D eigenvalue weighted by molar-refractivity contribution is 7.92. The van der Waals surface area contributed by atoms with Crippen LogP contribution < -0.4 is 9.62 Å². The fourth-order valence-electron chi connectivity index (χ4n) is 3.98. The number of hydrogen-bond acceptors (Lipinski definition) is 4. The van der Waals surface area contributed by atoms with Crippen molar-refractivity contribution < 1.29 is 18.0 Å². The third kappa shape index (κ3) is 7.97. The predicted octanol–water partition coefficient (Wildman–Crippen LogP) is 5.83. The number of amides is 2. The first kappa shape index (κ1) is 30.5. The molecule has 0 aliphatic rings. The number of nitrogens with one attached hydrogen (secondary N) is 1. The quantitative estimate of drug-likeness (QED) is 0.340. The molecule has 208 valence electrons. The Hall–Kier alpha value is -3.07. The van der Waals surface area contributed by atoms with Gasteiger partial charge in [0.15, 0.2) is 0 Å². The first-order valence-electron chi connectivity index (χ1n) is 12.4. The van der Waals surface area contributed by atoms with Crippen LogP contribution in [-0.4, -0.2) is 43.3 Å². The van der Waals surface area contributed by atoms with Gasteiger partial charge in [-0.15, -0.1) is 0 Å². The fraction of sp³-hybridized carbons (Fsp3) is 0.310. The molecule has 3 rings (SSSR count). The van der Waals surface area contributed by atoms with E-state index in [9.17, 15) is 18.0 Å². The summed E-state index contributed by atoms with van der Waals surface area (Å²) < 4.78 is 28.8. The SMILES string of the molecule is Cc1ccccc1N(CC(=O)N(Cc1cccc(Cl)c1)[C@@H](C)C(=O)NC(C)(C)C)S(=O)(=O)c1ccc(Cl)cc1. The van der Waals surface area contributed by atoms with Crippen molar-refractivity contribution >= 4 is 50.7 Å². The summed E-state index contributed by atoms with van der Waals surface area (Å²) in [7, 11) is -4.17. The molecule has 2 amide bonds. The molecule has 39 heavy (non-hydrogen) atoms. The van der Waals surface area contributed by atoms with Crippen LogP contribution in [0.5, 0.6) is 0 Å². The van der Waals surface area contributed by atoms with Gasteiger partial charge in [0, 0.05) is 22.1 Å². The summed E-state index contributed by atoms with van der Waals surface area (Å²) in [4.78, 5) is 28.5. The highest BCUT2D eigenvalue weighted by Crippen LogP contribution is 2.28. The van der Waals surface area contributed by atoms with Crippen LogP contribution in [0, 0.1) is 6.92 Å². The number of sulfonamides is 1. The lowest BCUT2D eigenvalue weighted by Gasteiger charge is -2.33. The van der Waals surface area contributed by atoms with E-state index in [1.807, 2.05) is 20.8 Å². The zero-order valence-corrected chi connectivity index (χ0v) is 24.9. The average molecular weight is 591 g/mol. The maximum Gasteiger partial charge on any atom is 0.264 e. The van der Waals surface area contributed by atoms with E-state index in [0.717, 1.165) is 4.31 Å². The standard InChI is InChI=1S/C29H33Cl2N3O4S/c1-20-9-6-7-12-26(20)34(39(37,38)25-15-13-23(30)14-16-25)19-27(35)33(18-22-10-8-11-24(31)17-22)21(2)28(36)32-29(3,4)5/h6-17,21H,18-19H2,1-5H3,(H,32,36)/t21-/m0/s1. The summed E-state index contributed by atoms with van der Waals surface area (Å²) in [6.07, 6.45) is 0. The number of hydrogen-bond donors (Lipinski definition) is 1. The molecule has 1 atom stereocenters. The Morgan fingerprint density at radius 1 is 0.923 bits per heavy atom. The van der Waals surface area contributed by atoms with E-state index in [1.54, 1.807) is 62.4 Å². The van der Waals surface area contributed by atoms with E-state index in [1.165, 1.54) is 29.2 Å². The second-order valence-corrected chi connectivity index (χ2v) is 13.1.